The van der Waals surface area contributed by atoms with Gasteiger partial charge in [-0.2, -0.15) is 0 Å². The van der Waals surface area contributed by atoms with Crippen molar-refractivity contribution in [1.82, 2.24) is 0 Å². The van der Waals surface area contributed by atoms with Gasteiger partial charge in [-0.15, -0.1) is 0 Å². The first-order valence-corrected chi connectivity index (χ1v) is 4.97. The Hall–Kier alpha value is 0.220. The summed E-state index contributed by atoms with van der Waals surface area (Å²) >= 11 is 3.60. The third-order valence-corrected chi connectivity index (χ3v) is 2.64. The van der Waals surface area contributed by atoms with Crippen LogP contribution in [0.2, 0.25) is 0 Å². The van der Waals surface area contributed by atoms with E-state index in [0.29, 0.717) is 10.8 Å². The summed E-state index contributed by atoms with van der Waals surface area (Å²) < 4.78 is 1.37. The van der Waals surface area contributed by atoms with E-state index < -0.39 is 0 Å². The molecule has 64 valence electrons. The van der Waals surface area contributed by atoms with Gasteiger partial charge in [0.15, 0.2) is 0 Å². The highest BCUT2D eigenvalue weighted by atomic mass is 79.9. The van der Waals surface area contributed by atoms with Crippen molar-refractivity contribution in [1.29, 1.82) is 0 Å². The van der Waals surface area contributed by atoms with Crippen molar-refractivity contribution in [3.05, 3.63) is 10.6 Å². The maximum Gasteiger partial charge on any atom is -0.00785 e. The largest absolute Gasteiger partial charge is 0.0687 e. The van der Waals surface area contributed by atoms with Crippen LogP contribution >= 0.6 is 15.9 Å². The van der Waals surface area contributed by atoms with E-state index in [1.165, 1.54) is 17.3 Å². The molecule has 1 aliphatic carbocycles. The fourth-order valence-electron chi connectivity index (χ4n) is 2.28. The van der Waals surface area contributed by atoms with E-state index >= 15 is 0 Å². The van der Waals surface area contributed by atoms with Crippen molar-refractivity contribution in [3.8, 4) is 0 Å². The molecule has 0 nitrogen and oxygen atoms in total. The molecule has 0 saturated heterocycles. The summed E-state index contributed by atoms with van der Waals surface area (Å²) in [5.74, 6) is 0. The first-order chi connectivity index (χ1) is 4.81. The summed E-state index contributed by atoms with van der Waals surface area (Å²) in [5, 5.41) is 0. The quantitative estimate of drug-likeness (QED) is 0.572. The van der Waals surface area contributed by atoms with Gasteiger partial charge in [0.2, 0.25) is 0 Å². The average molecular weight is 217 g/mol. The molecule has 0 unspecified atom stereocenters. The fraction of sp³-hybridized carbons (Fsp3) is 0.800. The number of halogens is 1. The summed E-state index contributed by atoms with van der Waals surface area (Å²) in [6, 6.07) is 0. The summed E-state index contributed by atoms with van der Waals surface area (Å²) in [4.78, 5) is 0. The van der Waals surface area contributed by atoms with Crippen molar-refractivity contribution >= 4 is 15.9 Å². The Morgan fingerprint density at radius 1 is 1.27 bits per heavy atom. The standard InChI is InChI=1S/C10H17Br/c1-9(2)5-8(11)6-10(3,4)7-9/h5H,6-7H2,1-4H3. The zero-order valence-corrected chi connectivity index (χ0v) is 9.46. The van der Waals surface area contributed by atoms with Crippen molar-refractivity contribution in [3.63, 3.8) is 0 Å². The van der Waals surface area contributed by atoms with Crippen LogP contribution in [0.4, 0.5) is 0 Å². The van der Waals surface area contributed by atoms with Crippen LogP contribution in [-0.2, 0) is 0 Å². The molecule has 0 aromatic rings. The van der Waals surface area contributed by atoms with Crippen LogP contribution in [0.25, 0.3) is 0 Å². The van der Waals surface area contributed by atoms with Crippen molar-refractivity contribution in [2.75, 3.05) is 0 Å². The van der Waals surface area contributed by atoms with E-state index in [-0.39, 0.29) is 0 Å². The summed E-state index contributed by atoms with van der Waals surface area (Å²) in [5.41, 5.74) is 0.845. The zero-order valence-electron chi connectivity index (χ0n) is 7.87. The minimum atomic E-state index is 0.376. The number of allylic oxidation sites excluding steroid dienone is 2. The van der Waals surface area contributed by atoms with Crippen molar-refractivity contribution in [2.45, 2.75) is 40.5 Å². The van der Waals surface area contributed by atoms with Crippen molar-refractivity contribution in [2.24, 2.45) is 10.8 Å². The Labute approximate surface area is 78.2 Å². The molecule has 0 atom stereocenters. The molecule has 0 aromatic heterocycles. The first-order valence-electron chi connectivity index (χ1n) is 4.18. The normalized spacial score (nSPS) is 27.9. The molecule has 1 rings (SSSR count). The molecule has 11 heavy (non-hydrogen) atoms. The van der Waals surface area contributed by atoms with E-state index in [9.17, 15) is 0 Å². The van der Waals surface area contributed by atoms with Gasteiger partial charge in [-0.1, -0.05) is 49.7 Å². The van der Waals surface area contributed by atoms with E-state index in [2.05, 4.69) is 49.7 Å². The van der Waals surface area contributed by atoms with Gasteiger partial charge in [0, 0.05) is 0 Å². The number of rotatable bonds is 0. The van der Waals surface area contributed by atoms with Crippen molar-refractivity contribution < 1.29 is 0 Å². The van der Waals surface area contributed by atoms with Gasteiger partial charge >= 0.3 is 0 Å². The Morgan fingerprint density at radius 3 is 2.18 bits per heavy atom. The number of hydrogen-bond acceptors (Lipinski definition) is 0. The second kappa shape index (κ2) is 2.62. The maximum absolute atomic E-state index is 3.60. The highest BCUT2D eigenvalue weighted by Crippen LogP contribution is 2.45. The zero-order chi connectivity index (χ0) is 8.70. The second-order valence-electron chi connectivity index (χ2n) is 5.10. The fourth-order valence-corrected chi connectivity index (χ4v) is 3.66. The third kappa shape index (κ3) is 2.62. The van der Waals surface area contributed by atoms with Crippen LogP contribution in [0, 0.1) is 10.8 Å². The maximum atomic E-state index is 3.60. The predicted octanol–water partition coefficient (Wildman–Crippen LogP) is 4.11. The van der Waals surface area contributed by atoms with Crippen LogP contribution in [0.15, 0.2) is 10.6 Å². The molecule has 1 aliphatic rings. The van der Waals surface area contributed by atoms with Gasteiger partial charge in [0.1, 0.15) is 0 Å². The Balaban J connectivity index is 2.86. The molecule has 0 N–H and O–H groups in total. The lowest BCUT2D eigenvalue weighted by Crippen LogP contribution is -2.25. The molecule has 0 aromatic carbocycles. The van der Waals surface area contributed by atoms with E-state index in [1.807, 2.05) is 0 Å². The minimum Gasteiger partial charge on any atom is -0.0687 e. The molecule has 0 amide bonds. The van der Waals surface area contributed by atoms with Crippen LogP contribution < -0.4 is 0 Å². The summed E-state index contributed by atoms with van der Waals surface area (Å²) in [6.07, 6.45) is 4.82. The smallest absolute Gasteiger partial charge is 0.00785 e. The van der Waals surface area contributed by atoms with E-state index in [4.69, 9.17) is 0 Å². The lowest BCUT2D eigenvalue weighted by molar-refractivity contribution is 0.221. The Morgan fingerprint density at radius 2 is 1.82 bits per heavy atom. The highest BCUT2D eigenvalue weighted by molar-refractivity contribution is 9.11. The lowest BCUT2D eigenvalue weighted by Gasteiger charge is -2.37. The van der Waals surface area contributed by atoms with Crippen LogP contribution in [0.1, 0.15) is 40.5 Å². The topological polar surface area (TPSA) is 0 Å². The predicted molar refractivity (Wildman–Crippen MR) is 53.8 cm³/mol. The summed E-state index contributed by atoms with van der Waals surface area (Å²) in [6.45, 7) is 9.27. The second-order valence-corrected chi connectivity index (χ2v) is 6.12. The number of hydrogen-bond donors (Lipinski definition) is 0. The molecule has 0 saturated carbocycles. The van der Waals surface area contributed by atoms with Crippen LogP contribution in [0.5, 0.6) is 0 Å². The van der Waals surface area contributed by atoms with Gasteiger partial charge in [-0.25, -0.2) is 0 Å². The highest BCUT2D eigenvalue weighted by Gasteiger charge is 2.32. The Kier molecular flexibility index (Phi) is 2.21. The molecule has 1 heteroatoms. The molecule has 0 spiro atoms. The van der Waals surface area contributed by atoms with Gasteiger partial charge in [0.25, 0.3) is 0 Å². The van der Waals surface area contributed by atoms with Crippen LogP contribution in [-0.4, -0.2) is 0 Å². The molecular weight excluding hydrogens is 200 g/mol. The average Bonchev–Trinajstić information content (AvgIpc) is 1.49. The molecule has 0 aliphatic heterocycles. The van der Waals surface area contributed by atoms with Gasteiger partial charge < -0.3 is 0 Å². The van der Waals surface area contributed by atoms with E-state index in [1.54, 1.807) is 0 Å². The SMILES string of the molecule is CC1(C)C=C(Br)CC(C)(C)C1. The summed E-state index contributed by atoms with van der Waals surface area (Å²) in [7, 11) is 0. The molecule has 0 heterocycles. The van der Waals surface area contributed by atoms with Crippen LogP contribution in [0.3, 0.4) is 0 Å². The first kappa shape index (κ1) is 9.31. The monoisotopic (exact) mass is 216 g/mol. The van der Waals surface area contributed by atoms with Gasteiger partial charge in [-0.05, 0) is 28.2 Å². The van der Waals surface area contributed by atoms with E-state index in [0.717, 1.165) is 0 Å². The third-order valence-electron chi connectivity index (χ3n) is 2.13. The minimum absolute atomic E-state index is 0.376. The molecule has 0 bridgehead atoms. The lowest BCUT2D eigenvalue weighted by atomic mass is 9.69. The molecule has 0 fully saturated rings. The van der Waals surface area contributed by atoms with Gasteiger partial charge in [0.05, 0.1) is 0 Å². The van der Waals surface area contributed by atoms with Gasteiger partial charge in [-0.3, -0.25) is 0 Å². The Bertz CT molecular complexity index is 187. The molecule has 0 radical (unpaired) electrons. The molecular formula is C10H17Br.